The van der Waals surface area contributed by atoms with Gasteiger partial charge in [0.1, 0.15) is 12.1 Å². The number of carbonyl (C=O) groups is 3. The minimum Gasteiger partial charge on any atom is -0.357 e. The molecule has 2 N–H and O–H groups in total. The van der Waals surface area contributed by atoms with Crippen LogP contribution in [0.4, 0.5) is 0 Å². The van der Waals surface area contributed by atoms with Crippen LogP contribution >= 0.6 is 0 Å². The van der Waals surface area contributed by atoms with Crippen LogP contribution in [0.15, 0.2) is 30.3 Å². The summed E-state index contributed by atoms with van der Waals surface area (Å²) in [5.41, 5.74) is 0.899. The second-order valence-corrected chi connectivity index (χ2v) is 6.61. The number of likely N-dealkylation sites (tertiary alicyclic amines) is 1. The van der Waals surface area contributed by atoms with Crippen molar-refractivity contribution in [1.29, 1.82) is 0 Å². The lowest BCUT2D eigenvalue weighted by atomic mass is 10.0. The Morgan fingerprint density at radius 1 is 1.19 bits per heavy atom. The molecule has 1 aliphatic rings. The number of likely N-dealkylation sites (N-methyl/N-ethyl adjacent to an activating group) is 2. The summed E-state index contributed by atoms with van der Waals surface area (Å²) in [4.78, 5) is 41.0. The van der Waals surface area contributed by atoms with Crippen molar-refractivity contribution < 1.29 is 14.4 Å². The zero-order valence-corrected chi connectivity index (χ0v) is 16.4. The van der Waals surface area contributed by atoms with Gasteiger partial charge in [0, 0.05) is 13.6 Å². The molecule has 1 aromatic rings. The molecule has 0 saturated carbocycles. The van der Waals surface area contributed by atoms with E-state index in [1.165, 1.54) is 0 Å². The van der Waals surface area contributed by atoms with Crippen molar-refractivity contribution >= 4 is 17.7 Å². The van der Waals surface area contributed by atoms with Gasteiger partial charge in [-0.2, -0.15) is 0 Å². The van der Waals surface area contributed by atoms with E-state index < -0.39 is 12.1 Å². The standard InChI is InChI=1S/C20H30N4O3/c1-4-23(5-2)18(15-10-7-6-8-11-15)20(27)22-14-17(25)24-13-9-12-16(24)19(26)21-3/h6-8,10-11,16,18H,4-5,9,12-14H2,1-3H3,(H,21,26)(H,22,27). The van der Waals surface area contributed by atoms with E-state index in [-0.39, 0.29) is 24.3 Å². The van der Waals surface area contributed by atoms with Crippen LogP contribution < -0.4 is 10.6 Å². The lowest BCUT2D eigenvalue weighted by Gasteiger charge is -2.29. The zero-order valence-electron chi connectivity index (χ0n) is 16.4. The highest BCUT2D eigenvalue weighted by atomic mass is 16.2. The van der Waals surface area contributed by atoms with Crippen LogP contribution in [0, 0.1) is 0 Å². The molecule has 7 nitrogen and oxygen atoms in total. The molecule has 7 heteroatoms. The normalized spacial score (nSPS) is 17.6. The number of nitrogens with zero attached hydrogens (tertiary/aromatic N) is 2. The first-order valence-electron chi connectivity index (χ1n) is 9.61. The number of amides is 3. The molecule has 1 aliphatic heterocycles. The molecule has 1 saturated heterocycles. The van der Waals surface area contributed by atoms with Gasteiger partial charge in [0.05, 0.1) is 6.54 Å². The minimum absolute atomic E-state index is 0.100. The first-order chi connectivity index (χ1) is 13.0. The summed E-state index contributed by atoms with van der Waals surface area (Å²) < 4.78 is 0. The van der Waals surface area contributed by atoms with Crippen LogP contribution in [0.3, 0.4) is 0 Å². The molecule has 0 radical (unpaired) electrons. The van der Waals surface area contributed by atoms with E-state index in [1.807, 2.05) is 44.2 Å². The lowest BCUT2D eigenvalue weighted by Crippen LogP contribution is -2.49. The van der Waals surface area contributed by atoms with E-state index in [0.717, 1.165) is 25.1 Å². The summed E-state index contributed by atoms with van der Waals surface area (Å²) in [5.74, 6) is -0.577. The third-order valence-corrected chi connectivity index (χ3v) is 5.08. The Bertz CT molecular complexity index is 646. The number of carbonyl (C=O) groups excluding carboxylic acids is 3. The summed E-state index contributed by atoms with van der Waals surface area (Å²) in [6.45, 7) is 5.92. The number of nitrogens with one attached hydrogen (secondary N) is 2. The maximum atomic E-state index is 12.9. The molecule has 1 heterocycles. The fourth-order valence-corrected chi connectivity index (χ4v) is 3.62. The molecule has 148 valence electrons. The predicted octanol–water partition coefficient (Wildman–Crippen LogP) is 0.923. The average molecular weight is 374 g/mol. The molecule has 27 heavy (non-hydrogen) atoms. The molecule has 0 bridgehead atoms. The maximum Gasteiger partial charge on any atom is 0.242 e. The summed E-state index contributed by atoms with van der Waals surface area (Å²) in [7, 11) is 1.57. The van der Waals surface area contributed by atoms with E-state index in [1.54, 1.807) is 11.9 Å². The SMILES string of the molecule is CCN(CC)C(C(=O)NCC(=O)N1CCCC1C(=O)NC)c1ccccc1. The van der Waals surface area contributed by atoms with Gasteiger partial charge in [-0.25, -0.2) is 0 Å². The van der Waals surface area contributed by atoms with Gasteiger partial charge in [0.2, 0.25) is 17.7 Å². The van der Waals surface area contributed by atoms with Crippen molar-refractivity contribution in [3.05, 3.63) is 35.9 Å². The Morgan fingerprint density at radius 2 is 1.85 bits per heavy atom. The van der Waals surface area contributed by atoms with Crippen LogP contribution in [0.1, 0.15) is 38.3 Å². The van der Waals surface area contributed by atoms with Crippen LogP contribution in [0.25, 0.3) is 0 Å². The van der Waals surface area contributed by atoms with Gasteiger partial charge in [-0.05, 0) is 31.5 Å². The predicted molar refractivity (Wildman–Crippen MR) is 104 cm³/mol. The summed E-state index contributed by atoms with van der Waals surface area (Å²) in [6, 6.07) is 8.69. The van der Waals surface area contributed by atoms with E-state index in [0.29, 0.717) is 13.0 Å². The quantitative estimate of drug-likeness (QED) is 0.709. The third-order valence-electron chi connectivity index (χ3n) is 5.08. The average Bonchev–Trinajstić information content (AvgIpc) is 3.19. The van der Waals surface area contributed by atoms with Crippen molar-refractivity contribution in [2.24, 2.45) is 0 Å². The van der Waals surface area contributed by atoms with Crippen LogP contribution in [0.5, 0.6) is 0 Å². The highest BCUT2D eigenvalue weighted by molar-refractivity contribution is 5.91. The molecule has 2 unspecified atom stereocenters. The number of rotatable bonds is 8. The molecule has 2 atom stereocenters. The molecule has 0 spiro atoms. The van der Waals surface area contributed by atoms with E-state index in [4.69, 9.17) is 0 Å². The van der Waals surface area contributed by atoms with Gasteiger partial charge >= 0.3 is 0 Å². The second-order valence-electron chi connectivity index (χ2n) is 6.61. The monoisotopic (exact) mass is 374 g/mol. The van der Waals surface area contributed by atoms with Gasteiger partial charge < -0.3 is 15.5 Å². The second kappa shape index (κ2) is 10.1. The van der Waals surface area contributed by atoms with E-state index >= 15 is 0 Å². The van der Waals surface area contributed by atoms with E-state index in [2.05, 4.69) is 15.5 Å². The Kier molecular flexibility index (Phi) is 7.79. The number of hydrogen-bond donors (Lipinski definition) is 2. The minimum atomic E-state index is -0.442. The van der Waals surface area contributed by atoms with Gasteiger partial charge in [-0.15, -0.1) is 0 Å². The Hall–Kier alpha value is -2.41. The molecule has 0 aliphatic carbocycles. The van der Waals surface area contributed by atoms with Gasteiger partial charge in [0.25, 0.3) is 0 Å². The van der Waals surface area contributed by atoms with E-state index in [9.17, 15) is 14.4 Å². The summed E-state index contributed by atoms with van der Waals surface area (Å²) in [5, 5.41) is 5.38. The molecule has 1 aromatic carbocycles. The van der Waals surface area contributed by atoms with Crippen molar-refractivity contribution in [3.63, 3.8) is 0 Å². The fourth-order valence-electron chi connectivity index (χ4n) is 3.62. The molecular formula is C20H30N4O3. The Labute approximate surface area is 161 Å². The van der Waals surface area contributed by atoms with Crippen molar-refractivity contribution in [3.8, 4) is 0 Å². The van der Waals surface area contributed by atoms with Crippen molar-refractivity contribution in [2.45, 2.75) is 38.8 Å². The highest BCUT2D eigenvalue weighted by Crippen LogP contribution is 2.21. The first kappa shape index (κ1) is 20.9. The summed E-state index contributed by atoms with van der Waals surface area (Å²) in [6.07, 6.45) is 1.45. The lowest BCUT2D eigenvalue weighted by molar-refractivity contribution is -0.139. The van der Waals surface area contributed by atoms with Gasteiger partial charge in [0.15, 0.2) is 0 Å². The summed E-state index contributed by atoms with van der Waals surface area (Å²) >= 11 is 0. The topological polar surface area (TPSA) is 81.8 Å². The first-order valence-corrected chi connectivity index (χ1v) is 9.61. The maximum absolute atomic E-state index is 12.9. The van der Waals surface area contributed by atoms with Crippen LogP contribution in [-0.2, 0) is 14.4 Å². The third kappa shape index (κ3) is 5.07. The molecular weight excluding hydrogens is 344 g/mol. The zero-order chi connectivity index (χ0) is 19.8. The van der Waals surface area contributed by atoms with Crippen LogP contribution in [0.2, 0.25) is 0 Å². The molecule has 0 aromatic heterocycles. The highest BCUT2D eigenvalue weighted by Gasteiger charge is 2.34. The largest absolute Gasteiger partial charge is 0.357 e. The fraction of sp³-hybridized carbons (Fsp3) is 0.550. The van der Waals surface area contributed by atoms with Gasteiger partial charge in [-0.3, -0.25) is 19.3 Å². The van der Waals surface area contributed by atoms with Gasteiger partial charge in [-0.1, -0.05) is 44.2 Å². The Morgan fingerprint density at radius 3 is 2.44 bits per heavy atom. The number of benzene rings is 1. The van der Waals surface area contributed by atoms with Crippen molar-refractivity contribution in [2.75, 3.05) is 33.2 Å². The Balaban J connectivity index is 2.05. The molecule has 2 rings (SSSR count). The van der Waals surface area contributed by atoms with Crippen LogP contribution in [-0.4, -0.2) is 66.8 Å². The number of hydrogen-bond acceptors (Lipinski definition) is 4. The van der Waals surface area contributed by atoms with Crippen molar-refractivity contribution in [1.82, 2.24) is 20.4 Å². The molecule has 1 fully saturated rings. The smallest absolute Gasteiger partial charge is 0.242 e. The molecule has 3 amide bonds.